The molecule has 112 valence electrons. The third-order valence-corrected chi connectivity index (χ3v) is 5.53. The Hall–Kier alpha value is -1.06. The second-order valence-corrected chi connectivity index (χ2v) is 6.92. The fourth-order valence-corrected chi connectivity index (χ4v) is 3.98. The van der Waals surface area contributed by atoms with Crippen LogP contribution in [0.5, 0.6) is 0 Å². The van der Waals surface area contributed by atoms with E-state index in [2.05, 4.69) is 10.5 Å². The van der Waals surface area contributed by atoms with Crippen molar-refractivity contribution in [3.05, 3.63) is 33.8 Å². The van der Waals surface area contributed by atoms with Gasteiger partial charge >= 0.3 is 0 Å². The van der Waals surface area contributed by atoms with Crippen molar-refractivity contribution in [3.63, 3.8) is 0 Å². The number of nitrogens with one attached hydrogen (secondary N) is 1. The zero-order chi connectivity index (χ0) is 15.0. The molecule has 0 saturated heterocycles. The van der Waals surface area contributed by atoms with E-state index < -0.39 is 0 Å². The number of amides is 1. The minimum atomic E-state index is -0.254. The van der Waals surface area contributed by atoms with Gasteiger partial charge in [0.1, 0.15) is 0 Å². The second kappa shape index (κ2) is 5.98. The molecule has 0 aliphatic heterocycles. The van der Waals surface area contributed by atoms with Crippen molar-refractivity contribution in [2.45, 2.75) is 32.6 Å². The molecule has 1 aromatic rings. The fourth-order valence-electron chi connectivity index (χ4n) is 3.68. The van der Waals surface area contributed by atoms with Crippen molar-refractivity contribution in [1.82, 2.24) is 5.43 Å². The molecule has 2 fully saturated rings. The lowest BCUT2D eigenvalue weighted by Crippen LogP contribution is -2.24. The lowest BCUT2D eigenvalue weighted by molar-refractivity contribution is 0.0954. The van der Waals surface area contributed by atoms with E-state index in [-0.39, 0.29) is 5.91 Å². The molecule has 1 N–H and O–H groups in total. The lowest BCUT2D eigenvalue weighted by atomic mass is 9.86. The summed E-state index contributed by atoms with van der Waals surface area (Å²) in [4.78, 5) is 12.1. The van der Waals surface area contributed by atoms with Crippen LogP contribution in [-0.2, 0) is 0 Å². The molecule has 2 aliphatic carbocycles. The Balaban J connectivity index is 1.64. The van der Waals surface area contributed by atoms with Crippen LogP contribution < -0.4 is 5.43 Å². The number of hydrogen-bond acceptors (Lipinski definition) is 2. The summed E-state index contributed by atoms with van der Waals surface area (Å²) in [5.74, 6) is 1.92. The van der Waals surface area contributed by atoms with Crippen LogP contribution in [0.1, 0.15) is 43.0 Å². The van der Waals surface area contributed by atoms with Gasteiger partial charge in [0.25, 0.3) is 5.91 Å². The molecular weight excluding hydrogens is 307 g/mol. The molecule has 0 spiro atoms. The number of carbonyl (C=O) groups is 1. The Morgan fingerprint density at radius 3 is 2.67 bits per heavy atom. The average molecular weight is 325 g/mol. The minimum Gasteiger partial charge on any atom is -0.267 e. The van der Waals surface area contributed by atoms with Crippen LogP contribution in [0.15, 0.2) is 23.3 Å². The molecule has 21 heavy (non-hydrogen) atoms. The monoisotopic (exact) mass is 324 g/mol. The van der Waals surface area contributed by atoms with E-state index >= 15 is 0 Å². The first-order valence-corrected chi connectivity index (χ1v) is 8.09. The molecule has 3 nitrogen and oxygen atoms in total. The Labute approximate surface area is 134 Å². The van der Waals surface area contributed by atoms with Gasteiger partial charge in [-0.15, -0.1) is 0 Å². The van der Waals surface area contributed by atoms with Crippen LogP contribution in [0.3, 0.4) is 0 Å². The Bertz CT molecular complexity index is 600. The molecule has 3 rings (SSSR count). The topological polar surface area (TPSA) is 41.5 Å². The first-order valence-electron chi connectivity index (χ1n) is 7.34. The smallest absolute Gasteiger partial charge is 0.267 e. The molecule has 0 aromatic heterocycles. The Kier molecular flexibility index (Phi) is 4.23. The Morgan fingerprint density at radius 1 is 1.24 bits per heavy atom. The number of rotatable bonds is 3. The fraction of sp³-hybridized carbons (Fsp3) is 0.500. The van der Waals surface area contributed by atoms with Gasteiger partial charge in [-0.3, -0.25) is 4.79 Å². The van der Waals surface area contributed by atoms with Gasteiger partial charge in [-0.05, 0) is 56.2 Å². The summed E-state index contributed by atoms with van der Waals surface area (Å²) in [6.07, 6.45) is 5.23. The molecule has 5 heteroatoms. The summed E-state index contributed by atoms with van der Waals surface area (Å²) in [6.45, 7) is 2.01. The van der Waals surface area contributed by atoms with Gasteiger partial charge in [0.15, 0.2) is 0 Å². The zero-order valence-electron chi connectivity index (χ0n) is 11.9. The molecule has 2 bridgehead atoms. The average Bonchev–Trinajstić information content (AvgIpc) is 3.10. The van der Waals surface area contributed by atoms with Gasteiger partial charge in [0, 0.05) is 17.2 Å². The number of benzene rings is 1. The molecule has 0 heterocycles. The van der Waals surface area contributed by atoms with Crippen molar-refractivity contribution in [2.24, 2.45) is 22.9 Å². The Morgan fingerprint density at radius 2 is 2.05 bits per heavy atom. The van der Waals surface area contributed by atoms with Gasteiger partial charge < -0.3 is 0 Å². The highest BCUT2D eigenvalue weighted by molar-refractivity contribution is 6.42. The molecule has 2 saturated carbocycles. The van der Waals surface area contributed by atoms with Gasteiger partial charge in [0.05, 0.1) is 10.0 Å². The SMILES string of the molecule is C/C(=N/NC(=O)c1ccc(Cl)c(Cl)c1)[C@@H]1C[C@H]2CC[C@@H]1C2. The predicted octanol–water partition coefficient (Wildman–Crippen LogP) is 4.54. The van der Waals surface area contributed by atoms with Crippen LogP contribution in [0.25, 0.3) is 0 Å². The molecule has 0 radical (unpaired) electrons. The van der Waals surface area contributed by atoms with E-state index in [0.717, 1.165) is 17.5 Å². The number of fused-ring (bicyclic) bond motifs is 2. The van der Waals surface area contributed by atoms with E-state index in [9.17, 15) is 4.79 Å². The number of nitrogens with zero attached hydrogens (tertiary/aromatic N) is 1. The third-order valence-electron chi connectivity index (χ3n) is 4.79. The second-order valence-electron chi connectivity index (χ2n) is 6.10. The lowest BCUT2D eigenvalue weighted by Gasteiger charge is -2.21. The first-order chi connectivity index (χ1) is 10.0. The largest absolute Gasteiger partial charge is 0.271 e. The minimum absolute atomic E-state index is 0.254. The van der Waals surface area contributed by atoms with Crippen LogP contribution in [0.2, 0.25) is 10.0 Å². The number of carbonyl (C=O) groups excluding carboxylic acids is 1. The standard InChI is InChI=1S/C16H18Cl2N2O/c1-9(13-7-10-2-3-11(13)6-10)19-20-16(21)12-4-5-14(17)15(18)8-12/h4-5,8,10-11,13H,2-3,6-7H2,1H3,(H,20,21)/b19-9-/t10-,11+,13-/m0/s1. The first kappa shape index (κ1) is 14.9. The molecule has 1 amide bonds. The van der Waals surface area contributed by atoms with Crippen molar-refractivity contribution in [1.29, 1.82) is 0 Å². The van der Waals surface area contributed by atoms with Crippen molar-refractivity contribution >= 4 is 34.8 Å². The zero-order valence-corrected chi connectivity index (χ0v) is 13.4. The van der Waals surface area contributed by atoms with Crippen molar-refractivity contribution in [2.75, 3.05) is 0 Å². The maximum atomic E-state index is 12.1. The summed E-state index contributed by atoms with van der Waals surface area (Å²) in [6, 6.07) is 4.82. The van der Waals surface area contributed by atoms with Crippen molar-refractivity contribution < 1.29 is 4.79 Å². The van der Waals surface area contributed by atoms with E-state index in [0.29, 0.717) is 21.5 Å². The normalized spacial score (nSPS) is 28.0. The molecular formula is C16H18Cl2N2O. The highest BCUT2D eigenvalue weighted by Crippen LogP contribution is 2.48. The summed E-state index contributed by atoms with van der Waals surface area (Å²) in [5, 5.41) is 5.11. The molecule has 3 atom stereocenters. The molecule has 1 aromatic carbocycles. The van der Waals surface area contributed by atoms with Gasteiger partial charge in [0.2, 0.25) is 0 Å². The van der Waals surface area contributed by atoms with E-state index in [4.69, 9.17) is 23.2 Å². The highest BCUT2D eigenvalue weighted by Gasteiger charge is 2.40. The van der Waals surface area contributed by atoms with Gasteiger partial charge in [-0.2, -0.15) is 5.10 Å². The predicted molar refractivity (Wildman–Crippen MR) is 86.0 cm³/mol. The van der Waals surface area contributed by atoms with Crippen molar-refractivity contribution in [3.8, 4) is 0 Å². The van der Waals surface area contributed by atoms with Crippen LogP contribution in [0.4, 0.5) is 0 Å². The van der Waals surface area contributed by atoms with Gasteiger partial charge in [-0.1, -0.05) is 29.6 Å². The summed E-state index contributed by atoms with van der Waals surface area (Å²) in [7, 11) is 0. The van der Waals surface area contributed by atoms with Gasteiger partial charge in [-0.25, -0.2) is 5.43 Å². The highest BCUT2D eigenvalue weighted by atomic mass is 35.5. The van der Waals surface area contributed by atoms with Crippen LogP contribution in [-0.4, -0.2) is 11.6 Å². The summed E-state index contributed by atoms with van der Waals surface area (Å²) >= 11 is 11.8. The summed E-state index contributed by atoms with van der Waals surface area (Å²) < 4.78 is 0. The maximum absolute atomic E-state index is 12.1. The number of hydrogen-bond donors (Lipinski definition) is 1. The van der Waals surface area contributed by atoms with Crippen LogP contribution in [0, 0.1) is 17.8 Å². The molecule has 2 aliphatic rings. The van der Waals surface area contributed by atoms with Crippen LogP contribution >= 0.6 is 23.2 Å². The number of hydrazone groups is 1. The summed E-state index contributed by atoms with van der Waals surface area (Å²) in [5.41, 5.74) is 4.13. The van der Waals surface area contributed by atoms with E-state index in [1.54, 1.807) is 18.2 Å². The number of halogens is 2. The maximum Gasteiger partial charge on any atom is 0.271 e. The van der Waals surface area contributed by atoms with E-state index in [1.807, 2.05) is 6.92 Å². The quantitative estimate of drug-likeness (QED) is 0.643. The molecule has 0 unspecified atom stereocenters. The third kappa shape index (κ3) is 3.09. The van der Waals surface area contributed by atoms with E-state index in [1.165, 1.54) is 25.7 Å².